The van der Waals surface area contributed by atoms with Crippen molar-refractivity contribution in [2.24, 2.45) is 0 Å². The lowest BCUT2D eigenvalue weighted by Gasteiger charge is -2.10. The van der Waals surface area contributed by atoms with Crippen LogP contribution in [0.25, 0.3) is 0 Å². The zero-order valence-corrected chi connectivity index (χ0v) is 17.9. The van der Waals surface area contributed by atoms with E-state index in [2.05, 4.69) is 15.5 Å². The Labute approximate surface area is 178 Å². The van der Waals surface area contributed by atoms with Crippen LogP contribution in [0.1, 0.15) is 34.2 Å². The molecule has 0 unspecified atom stereocenters. The Morgan fingerprint density at radius 3 is 2.53 bits per heavy atom. The molecule has 0 atom stereocenters. The minimum absolute atomic E-state index is 0.0840. The van der Waals surface area contributed by atoms with Gasteiger partial charge in [-0.15, -0.1) is 10.2 Å². The molecule has 0 fully saturated rings. The number of rotatable bonds is 8. The number of halogens is 1. The average molecular weight is 427 g/mol. The molecule has 0 saturated heterocycles. The number of benzene rings is 2. The molecule has 1 heterocycles. The quantitative estimate of drug-likeness (QED) is 0.431. The Balaban J connectivity index is 1.64. The maximum absolute atomic E-state index is 13.0. The second kappa shape index (κ2) is 9.67. The summed E-state index contributed by atoms with van der Waals surface area (Å²) in [6.07, 6.45) is 0.0840. The molecule has 30 heavy (non-hydrogen) atoms. The summed E-state index contributed by atoms with van der Waals surface area (Å²) in [5, 5.41) is 11.8. The minimum Gasteiger partial charge on any atom is -0.325 e. The van der Waals surface area contributed by atoms with Crippen molar-refractivity contribution >= 4 is 29.1 Å². The summed E-state index contributed by atoms with van der Waals surface area (Å²) < 4.78 is 14.8. The van der Waals surface area contributed by atoms with E-state index in [0.717, 1.165) is 16.8 Å². The molecule has 0 spiro atoms. The summed E-state index contributed by atoms with van der Waals surface area (Å²) in [7, 11) is 0. The molecule has 1 N–H and O–H groups in total. The average Bonchev–Trinajstić information content (AvgIpc) is 3.10. The lowest BCUT2D eigenvalue weighted by atomic mass is 10.1. The molecule has 2 aromatic carbocycles. The van der Waals surface area contributed by atoms with E-state index >= 15 is 0 Å². The Bertz CT molecular complexity index is 1060. The molecule has 0 saturated carbocycles. The van der Waals surface area contributed by atoms with Gasteiger partial charge in [0.15, 0.2) is 10.9 Å². The number of amides is 1. The van der Waals surface area contributed by atoms with Gasteiger partial charge in [0.1, 0.15) is 11.6 Å². The molecule has 0 aliphatic heterocycles. The SMILES string of the molecule is CCn1c(CC(=O)Nc2cc(C)ccc2C)nnc1SCC(=O)c1ccc(F)cc1. The fraction of sp³-hybridized carbons (Fsp3) is 0.273. The van der Waals surface area contributed by atoms with Gasteiger partial charge in [0.05, 0.1) is 12.2 Å². The van der Waals surface area contributed by atoms with Crippen LogP contribution in [0.5, 0.6) is 0 Å². The molecule has 0 radical (unpaired) electrons. The number of nitrogens with one attached hydrogen (secondary N) is 1. The van der Waals surface area contributed by atoms with Crippen LogP contribution < -0.4 is 5.32 Å². The molecular formula is C22H23FN4O2S. The second-order valence-electron chi connectivity index (χ2n) is 6.91. The fourth-order valence-electron chi connectivity index (χ4n) is 2.93. The van der Waals surface area contributed by atoms with Crippen LogP contribution in [0.4, 0.5) is 10.1 Å². The van der Waals surface area contributed by atoms with Crippen molar-refractivity contribution in [3.8, 4) is 0 Å². The third-order valence-electron chi connectivity index (χ3n) is 4.59. The van der Waals surface area contributed by atoms with Crippen molar-refractivity contribution < 1.29 is 14.0 Å². The second-order valence-corrected chi connectivity index (χ2v) is 7.85. The molecule has 1 aromatic heterocycles. The number of nitrogens with zero attached hydrogens (tertiary/aromatic N) is 3. The van der Waals surface area contributed by atoms with Gasteiger partial charge in [0.2, 0.25) is 5.91 Å². The highest BCUT2D eigenvalue weighted by Gasteiger charge is 2.17. The zero-order valence-electron chi connectivity index (χ0n) is 17.1. The molecule has 8 heteroatoms. The number of carbonyl (C=O) groups is 2. The van der Waals surface area contributed by atoms with Gasteiger partial charge in [-0.3, -0.25) is 9.59 Å². The Kier molecular flexibility index (Phi) is 6.99. The Morgan fingerprint density at radius 1 is 1.10 bits per heavy atom. The first kappa shape index (κ1) is 21.7. The minimum atomic E-state index is -0.381. The lowest BCUT2D eigenvalue weighted by molar-refractivity contribution is -0.115. The van der Waals surface area contributed by atoms with Gasteiger partial charge in [-0.05, 0) is 62.2 Å². The maximum atomic E-state index is 13.0. The van der Waals surface area contributed by atoms with E-state index in [1.54, 1.807) is 0 Å². The number of anilines is 1. The molecule has 1 amide bonds. The third-order valence-corrected chi connectivity index (χ3v) is 5.56. The van der Waals surface area contributed by atoms with Gasteiger partial charge >= 0.3 is 0 Å². The molecule has 6 nitrogen and oxygen atoms in total. The normalized spacial score (nSPS) is 10.8. The highest BCUT2D eigenvalue weighted by Crippen LogP contribution is 2.20. The molecule has 0 bridgehead atoms. The summed E-state index contributed by atoms with van der Waals surface area (Å²) in [6.45, 7) is 6.42. The lowest BCUT2D eigenvalue weighted by Crippen LogP contribution is -2.18. The number of aromatic nitrogens is 3. The largest absolute Gasteiger partial charge is 0.325 e. The van der Waals surface area contributed by atoms with Crippen molar-refractivity contribution in [3.63, 3.8) is 0 Å². The van der Waals surface area contributed by atoms with Crippen LogP contribution in [0, 0.1) is 19.7 Å². The summed E-state index contributed by atoms with van der Waals surface area (Å²) in [5.41, 5.74) is 3.28. The van der Waals surface area contributed by atoms with Crippen molar-refractivity contribution in [2.45, 2.75) is 38.9 Å². The van der Waals surface area contributed by atoms with Gasteiger partial charge in [0.25, 0.3) is 0 Å². The predicted molar refractivity (Wildman–Crippen MR) is 115 cm³/mol. The molecular weight excluding hydrogens is 403 g/mol. The van der Waals surface area contributed by atoms with E-state index in [4.69, 9.17) is 0 Å². The van der Waals surface area contributed by atoms with E-state index in [9.17, 15) is 14.0 Å². The van der Waals surface area contributed by atoms with Crippen LogP contribution in [0.15, 0.2) is 47.6 Å². The van der Waals surface area contributed by atoms with Crippen LogP contribution in [0.2, 0.25) is 0 Å². The van der Waals surface area contributed by atoms with E-state index in [0.29, 0.717) is 23.1 Å². The van der Waals surface area contributed by atoms with Crippen LogP contribution in [0.3, 0.4) is 0 Å². The first-order chi connectivity index (χ1) is 14.4. The standard InChI is InChI=1S/C22H23FN4O2S/c1-4-27-20(12-21(29)24-18-11-14(2)5-6-15(18)3)25-26-22(27)30-13-19(28)16-7-9-17(23)10-8-16/h5-11H,4,12-13H2,1-3H3,(H,24,29). The van der Waals surface area contributed by atoms with E-state index in [-0.39, 0.29) is 29.7 Å². The first-order valence-electron chi connectivity index (χ1n) is 9.58. The highest BCUT2D eigenvalue weighted by atomic mass is 32.2. The number of carbonyl (C=O) groups excluding carboxylic acids is 2. The van der Waals surface area contributed by atoms with E-state index < -0.39 is 0 Å². The summed E-state index contributed by atoms with van der Waals surface area (Å²) >= 11 is 1.25. The number of Topliss-reactive ketones (excluding diaryl/α,β-unsaturated/α-hetero) is 1. The monoisotopic (exact) mass is 426 g/mol. The van der Waals surface area contributed by atoms with E-state index in [1.165, 1.54) is 36.0 Å². The maximum Gasteiger partial charge on any atom is 0.232 e. The molecule has 0 aliphatic carbocycles. The Hall–Kier alpha value is -3.00. The van der Waals surface area contributed by atoms with Crippen LogP contribution >= 0.6 is 11.8 Å². The number of aryl methyl sites for hydroxylation is 2. The third kappa shape index (κ3) is 5.33. The highest BCUT2D eigenvalue weighted by molar-refractivity contribution is 7.99. The van der Waals surface area contributed by atoms with Crippen molar-refractivity contribution in [1.82, 2.24) is 14.8 Å². The van der Waals surface area contributed by atoms with Gasteiger partial charge in [0, 0.05) is 17.8 Å². The summed E-state index contributed by atoms with van der Waals surface area (Å²) in [4.78, 5) is 24.8. The smallest absolute Gasteiger partial charge is 0.232 e. The first-order valence-corrected chi connectivity index (χ1v) is 10.6. The number of hydrogen-bond donors (Lipinski definition) is 1. The van der Waals surface area contributed by atoms with Crippen LogP contribution in [-0.2, 0) is 17.8 Å². The predicted octanol–water partition coefficient (Wildman–Crippen LogP) is 4.21. The Morgan fingerprint density at radius 2 is 1.83 bits per heavy atom. The molecule has 3 rings (SSSR count). The zero-order chi connectivity index (χ0) is 21.7. The summed E-state index contributed by atoms with van der Waals surface area (Å²) in [5.74, 6) is 0.00804. The van der Waals surface area contributed by atoms with Crippen molar-refractivity contribution in [3.05, 3.63) is 70.8 Å². The molecule has 3 aromatic rings. The fourth-order valence-corrected chi connectivity index (χ4v) is 3.85. The summed E-state index contributed by atoms with van der Waals surface area (Å²) in [6, 6.07) is 11.3. The van der Waals surface area contributed by atoms with Crippen molar-refractivity contribution in [1.29, 1.82) is 0 Å². The van der Waals surface area contributed by atoms with Crippen LogP contribution in [-0.4, -0.2) is 32.2 Å². The number of ketones is 1. The van der Waals surface area contributed by atoms with E-state index in [1.807, 2.05) is 43.5 Å². The van der Waals surface area contributed by atoms with Gasteiger partial charge in [-0.25, -0.2) is 4.39 Å². The van der Waals surface area contributed by atoms with Gasteiger partial charge in [-0.1, -0.05) is 23.9 Å². The van der Waals surface area contributed by atoms with Gasteiger partial charge in [-0.2, -0.15) is 0 Å². The molecule has 0 aliphatic rings. The van der Waals surface area contributed by atoms with Crippen molar-refractivity contribution in [2.75, 3.05) is 11.1 Å². The number of thioether (sulfide) groups is 1. The molecule has 156 valence electrons. The number of hydrogen-bond acceptors (Lipinski definition) is 5. The van der Waals surface area contributed by atoms with Gasteiger partial charge < -0.3 is 9.88 Å². The topological polar surface area (TPSA) is 76.9 Å².